The molecule has 2 aromatic heterocycles. The van der Waals surface area contributed by atoms with Gasteiger partial charge in [-0.25, -0.2) is 0 Å². The number of phenols is 2. The van der Waals surface area contributed by atoms with Crippen molar-refractivity contribution in [3.8, 4) is 97.6 Å². The van der Waals surface area contributed by atoms with Gasteiger partial charge in [-0.05, 0) is 86.6 Å². The summed E-state index contributed by atoms with van der Waals surface area (Å²) in [6.45, 7) is 11.3. The van der Waals surface area contributed by atoms with Gasteiger partial charge in [0.15, 0.2) is 89.9 Å². The van der Waals surface area contributed by atoms with Crippen LogP contribution >= 0.6 is 11.6 Å². The number of unbranched alkanes of at least 4 members (excludes halogenated alkanes) is 1. The number of aldehydes is 3. The molecule has 7 aromatic rings. The minimum absolute atomic E-state index is 0. The second kappa shape index (κ2) is 36.2. The van der Waals surface area contributed by atoms with Gasteiger partial charge in [-0.2, -0.15) is 11.5 Å². The molecule has 24 nitrogen and oxygen atoms in total. The van der Waals surface area contributed by atoms with Crippen LogP contribution in [0.25, 0.3) is 11.4 Å². The molecule has 5 aliphatic heterocycles. The summed E-state index contributed by atoms with van der Waals surface area (Å²) in [6, 6.07) is 26.2. The van der Waals surface area contributed by atoms with Crippen LogP contribution in [0.1, 0.15) is 76.3 Å². The molecule has 86 heavy (non-hydrogen) atoms. The number of aromatic nitrogens is 3. The van der Waals surface area contributed by atoms with Crippen molar-refractivity contribution in [3.63, 3.8) is 0 Å². The van der Waals surface area contributed by atoms with E-state index in [0.29, 0.717) is 98.8 Å². The average molecular weight is 1210 g/mol. The number of carbonyl (C=O) groups is 3. The van der Waals surface area contributed by atoms with Gasteiger partial charge in [-0.3, -0.25) is 24.0 Å². The van der Waals surface area contributed by atoms with Crippen LogP contribution in [0.2, 0.25) is 0 Å². The average Bonchev–Trinajstić information content (AvgIpc) is 3.72. The number of alkyl halides is 1. The van der Waals surface area contributed by atoms with Gasteiger partial charge in [0, 0.05) is 57.5 Å². The zero-order valence-corrected chi connectivity index (χ0v) is 49.2. The molecule has 2 N–H and O–H groups in total. The van der Waals surface area contributed by atoms with Gasteiger partial charge in [-0.15, -0.1) is 0 Å². The number of phenolic OH excluding ortho intramolecular Hbond substituents is 2. The molecule has 0 aliphatic carbocycles. The first-order valence-electron chi connectivity index (χ1n) is 26.0. The van der Waals surface area contributed by atoms with Crippen molar-refractivity contribution in [2.75, 3.05) is 74.9 Å². The van der Waals surface area contributed by atoms with Gasteiger partial charge >= 0.3 is 18.9 Å². The monoisotopic (exact) mass is 1210 g/mol. The quantitative estimate of drug-likeness (QED) is 0.0307. The molecular formula is C60H65ClLiN3O21. The van der Waals surface area contributed by atoms with Gasteiger partial charge in [0.05, 0.1) is 11.4 Å². The fourth-order valence-corrected chi connectivity index (χ4v) is 7.48. The molecule has 12 rings (SSSR count). The predicted octanol–water partition coefficient (Wildman–Crippen LogP) is 7.76. The molecule has 0 radical (unpaired) electrons. The molecule has 0 amide bonds. The Bertz CT molecular complexity index is 3250. The zero-order valence-electron chi connectivity index (χ0n) is 48.5. The maximum atomic E-state index is 11.5. The first kappa shape index (κ1) is 68.0. The summed E-state index contributed by atoms with van der Waals surface area (Å²) in [5.74, 6) is 7.25. The van der Waals surface area contributed by atoms with Crippen LogP contribution in [0, 0.1) is 6.92 Å². The second-order valence-electron chi connectivity index (χ2n) is 17.5. The Labute approximate surface area is 513 Å². The number of rotatable bonds is 16. The number of carbonyl (C=O) groups excluding carboxylic acids is 3. The summed E-state index contributed by atoms with van der Waals surface area (Å²) in [5, 5.41) is 22.5. The van der Waals surface area contributed by atoms with Crippen LogP contribution in [-0.4, -0.2) is 119 Å². The molecule has 0 unspecified atom stereocenters. The summed E-state index contributed by atoms with van der Waals surface area (Å²) in [4.78, 5) is 37.4. The summed E-state index contributed by atoms with van der Waals surface area (Å²) in [5.41, 5.74) is 3.46. The van der Waals surface area contributed by atoms with Crippen molar-refractivity contribution in [3.05, 3.63) is 133 Å². The van der Waals surface area contributed by atoms with Crippen molar-refractivity contribution in [2.24, 2.45) is 0 Å². The van der Waals surface area contributed by atoms with E-state index in [-0.39, 0.29) is 96.1 Å². The summed E-state index contributed by atoms with van der Waals surface area (Å²) in [7, 11) is 4.63. The van der Waals surface area contributed by atoms with E-state index in [1.54, 1.807) is 75.1 Å². The largest absolute Gasteiger partial charge is 1.00 e. The maximum Gasteiger partial charge on any atom is 1.00 e. The maximum absolute atomic E-state index is 11.5. The van der Waals surface area contributed by atoms with E-state index in [1.165, 1.54) is 25.7 Å². The standard InChI is InChI=1S/C20H19N3O4.C10H10O5.C9H10O4.C8H6O4.C7H6O3.C4H9.C2H5ClO.Li/c1-13(2)23-16(7-9-22-23)19-14(4-3-8-21-19)11-25-17-5-6-18-20(15(17)10-24)27-12-26-18;1-12-5-13-8-2-3-9-10(7(8)4-11)15-6-14-9;1-10-5-11-7-2-3-8-9(4-7)13-6-12-8;9-3-5-6(10)1-2-7-8(5)12-4-11-7;8-5-1-2-6-7(3-5)10-4-9-6;1-3-4-2;1-4-2-3;/h3-10,13H,11-12H2,1-2H3;2-4H,5-6H2,1H3;2-4H,5-6H2,1H3;1-3,10H,4H2;1-3,8H,4H2;1,3-4H2,2H3;2H2,1H3;/q;;;;;-1;;+1. The molecule has 0 saturated heterocycles. The van der Waals surface area contributed by atoms with E-state index in [1.807, 2.05) is 35.0 Å². The molecule has 26 heteroatoms. The number of ether oxygens (including phenoxy) is 16. The van der Waals surface area contributed by atoms with E-state index < -0.39 is 0 Å². The molecular weight excluding hydrogens is 1140 g/mol. The number of nitrogens with zero attached hydrogens (tertiary/aromatic N) is 3. The van der Waals surface area contributed by atoms with Crippen molar-refractivity contribution >= 4 is 30.5 Å². The number of aromatic hydroxyl groups is 2. The molecule has 5 aromatic carbocycles. The Morgan fingerprint density at radius 3 is 1.60 bits per heavy atom. The molecule has 0 spiro atoms. The van der Waals surface area contributed by atoms with E-state index in [9.17, 15) is 19.5 Å². The van der Waals surface area contributed by atoms with Crippen LogP contribution in [0.4, 0.5) is 0 Å². The summed E-state index contributed by atoms with van der Waals surface area (Å²) in [6.07, 6.45) is 7.73. The van der Waals surface area contributed by atoms with E-state index >= 15 is 0 Å². The van der Waals surface area contributed by atoms with Crippen LogP contribution in [0.5, 0.6) is 86.2 Å². The third-order valence-electron chi connectivity index (χ3n) is 11.5. The predicted molar refractivity (Wildman–Crippen MR) is 305 cm³/mol. The molecule has 5 aliphatic rings. The SMILES string of the molecule is CC(C)n1nccc1-c1ncccc1COc1ccc2c(c1C=O)OCO2.COCCl.COCOc1ccc2c(c1)OCO2.COCOc1ccc2c(c1C=O)OCO2.O=Cc1c(O)ccc2c1OCO2.Oc1ccc2c(c1)OCO2.[CH2-]CCC.[Li+]. The number of pyridine rings is 1. The van der Waals surface area contributed by atoms with Crippen LogP contribution in [0.3, 0.4) is 0 Å². The third-order valence-corrected chi connectivity index (χ3v) is 11.7. The van der Waals surface area contributed by atoms with Crippen molar-refractivity contribution in [1.82, 2.24) is 14.8 Å². The fourth-order valence-electron chi connectivity index (χ4n) is 7.48. The number of hydrogen-bond acceptors (Lipinski definition) is 23. The minimum Gasteiger partial charge on any atom is -0.508 e. The first-order valence-corrected chi connectivity index (χ1v) is 26.5. The Kier molecular flexibility index (Phi) is 28.6. The topological polar surface area (TPSA) is 270 Å². The number of benzene rings is 5. The summed E-state index contributed by atoms with van der Waals surface area (Å²) < 4.78 is 83.4. The normalized spacial score (nSPS) is 12.2. The second-order valence-corrected chi connectivity index (χ2v) is 17.7. The van der Waals surface area contributed by atoms with Crippen LogP contribution in [0.15, 0.2) is 103 Å². The first-order chi connectivity index (χ1) is 41.5. The number of methoxy groups -OCH3 is 3. The Balaban J connectivity index is 0.000000198. The van der Waals surface area contributed by atoms with E-state index in [4.69, 9.17) is 87.8 Å². The van der Waals surface area contributed by atoms with Crippen LogP contribution < -0.4 is 80.4 Å². The fraction of sp³-hybridized carbons (Fsp3) is 0.300. The number of fused-ring (bicyclic) bond motifs is 5. The van der Waals surface area contributed by atoms with Gasteiger partial charge in [0.1, 0.15) is 58.1 Å². The minimum atomic E-state index is -0.0887. The smallest absolute Gasteiger partial charge is 0.508 e. The van der Waals surface area contributed by atoms with Gasteiger partial charge in [0.2, 0.25) is 34.0 Å². The molecule has 0 atom stereocenters. The number of hydrogen-bond donors (Lipinski definition) is 2. The van der Waals surface area contributed by atoms with Crippen molar-refractivity contribution in [1.29, 1.82) is 0 Å². The molecule has 454 valence electrons. The van der Waals surface area contributed by atoms with Crippen molar-refractivity contribution in [2.45, 2.75) is 46.3 Å². The molecule has 0 fully saturated rings. The van der Waals surface area contributed by atoms with Gasteiger partial charge < -0.3 is 92.9 Å². The van der Waals surface area contributed by atoms with Gasteiger partial charge in [0.25, 0.3) is 0 Å². The van der Waals surface area contributed by atoms with E-state index in [0.717, 1.165) is 35.4 Å². The Morgan fingerprint density at radius 1 is 0.593 bits per heavy atom. The number of halogens is 1. The van der Waals surface area contributed by atoms with Gasteiger partial charge in [-0.1, -0.05) is 31.0 Å². The Morgan fingerprint density at radius 2 is 1.07 bits per heavy atom. The van der Waals surface area contributed by atoms with Crippen molar-refractivity contribution < 1.29 is 119 Å². The Hall–Kier alpha value is -8.76. The third kappa shape index (κ3) is 18.9. The molecule has 0 saturated carbocycles. The molecule has 0 bridgehead atoms. The van der Waals surface area contributed by atoms with E-state index in [2.05, 4.69) is 42.5 Å². The molecule has 7 heterocycles. The summed E-state index contributed by atoms with van der Waals surface area (Å²) >= 11 is 4.96. The van der Waals surface area contributed by atoms with Crippen LogP contribution in [-0.2, 0) is 20.8 Å². The zero-order chi connectivity index (χ0) is 60.9.